The maximum absolute atomic E-state index is 13.2. The molecule has 2 amide bonds. The van der Waals surface area contributed by atoms with E-state index < -0.39 is 17.6 Å². The van der Waals surface area contributed by atoms with Crippen molar-refractivity contribution in [2.24, 2.45) is 5.92 Å². The number of hydrogen-bond donors (Lipinski definition) is 3. The fraction of sp³-hybridized carbons (Fsp3) is 0.464. The summed E-state index contributed by atoms with van der Waals surface area (Å²) in [6.45, 7) is 3.86. The maximum Gasteiger partial charge on any atom is 0.408 e. The van der Waals surface area contributed by atoms with Gasteiger partial charge >= 0.3 is 12.1 Å². The third-order valence-corrected chi connectivity index (χ3v) is 7.38. The van der Waals surface area contributed by atoms with Crippen LogP contribution in [0.1, 0.15) is 69.4 Å². The van der Waals surface area contributed by atoms with Crippen molar-refractivity contribution in [2.75, 3.05) is 6.61 Å². The fourth-order valence-electron chi connectivity index (χ4n) is 5.42. The maximum atomic E-state index is 13.2. The SMILES string of the molecule is CCCC(C)(NC(=O)OCC1c2ccccc2-c2ccccc21)C(=O)NC1CCC(C(=O)O)CC1. The molecule has 7 heteroatoms. The normalized spacial score (nSPS) is 20.7. The highest BCUT2D eigenvalue weighted by molar-refractivity contribution is 5.90. The van der Waals surface area contributed by atoms with Gasteiger partial charge in [-0.05, 0) is 61.3 Å². The highest BCUT2D eigenvalue weighted by Gasteiger charge is 2.37. The van der Waals surface area contributed by atoms with Crippen molar-refractivity contribution < 1.29 is 24.2 Å². The molecule has 0 aromatic heterocycles. The molecule has 0 bridgehead atoms. The van der Waals surface area contributed by atoms with Crippen LogP contribution in [0.2, 0.25) is 0 Å². The lowest BCUT2D eigenvalue weighted by atomic mass is 9.85. The Morgan fingerprint density at radius 3 is 2.09 bits per heavy atom. The molecule has 0 aliphatic heterocycles. The Balaban J connectivity index is 1.37. The van der Waals surface area contributed by atoms with E-state index in [4.69, 9.17) is 4.74 Å². The summed E-state index contributed by atoms with van der Waals surface area (Å²) in [7, 11) is 0. The zero-order chi connectivity index (χ0) is 25.0. The fourth-order valence-corrected chi connectivity index (χ4v) is 5.42. The van der Waals surface area contributed by atoms with Crippen LogP contribution in [0.15, 0.2) is 48.5 Å². The predicted octanol–water partition coefficient (Wildman–Crippen LogP) is 4.84. The molecule has 2 aromatic rings. The Kier molecular flexibility index (Phi) is 7.43. The van der Waals surface area contributed by atoms with E-state index in [1.54, 1.807) is 6.92 Å². The van der Waals surface area contributed by atoms with Crippen LogP contribution in [0.5, 0.6) is 0 Å². The Morgan fingerprint density at radius 1 is 0.971 bits per heavy atom. The largest absolute Gasteiger partial charge is 0.481 e. The molecule has 0 heterocycles. The van der Waals surface area contributed by atoms with Gasteiger partial charge in [0.25, 0.3) is 0 Å². The highest BCUT2D eigenvalue weighted by atomic mass is 16.5. The number of carboxylic acid groups (broad SMARTS) is 1. The summed E-state index contributed by atoms with van der Waals surface area (Å²) >= 11 is 0. The molecule has 1 fully saturated rings. The third-order valence-electron chi connectivity index (χ3n) is 7.38. The van der Waals surface area contributed by atoms with Gasteiger partial charge in [-0.1, -0.05) is 61.9 Å². The molecule has 3 N–H and O–H groups in total. The molecule has 1 saturated carbocycles. The Morgan fingerprint density at radius 2 is 1.54 bits per heavy atom. The summed E-state index contributed by atoms with van der Waals surface area (Å²) in [6, 6.07) is 16.2. The molecule has 2 aliphatic carbocycles. The average Bonchev–Trinajstić information content (AvgIpc) is 3.17. The molecule has 4 rings (SSSR count). The number of fused-ring (bicyclic) bond motifs is 3. The van der Waals surface area contributed by atoms with Crippen LogP contribution in [-0.4, -0.2) is 41.3 Å². The summed E-state index contributed by atoms with van der Waals surface area (Å²) in [6.07, 6.45) is 2.89. The van der Waals surface area contributed by atoms with E-state index in [1.807, 2.05) is 31.2 Å². The van der Waals surface area contributed by atoms with Crippen LogP contribution < -0.4 is 10.6 Å². The molecule has 2 aliphatic rings. The van der Waals surface area contributed by atoms with Crippen molar-refractivity contribution in [3.05, 3.63) is 59.7 Å². The van der Waals surface area contributed by atoms with E-state index in [-0.39, 0.29) is 30.4 Å². The van der Waals surface area contributed by atoms with E-state index in [2.05, 4.69) is 34.9 Å². The molecule has 0 spiro atoms. The number of benzene rings is 2. The lowest BCUT2D eigenvalue weighted by Crippen LogP contribution is -2.59. The molecular weight excluding hydrogens is 444 g/mol. The van der Waals surface area contributed by atoms with Crippen LogP contribution in [0, 0.1) is 5.92 Å². The van der Waals surface area contributed by atoms with Crippen molar-refractivity contribution in [3.8, 4) is 11.1 Å². The van der Waals surface area contributed by atoms with Crippen LogP contribution in [-0.2, 0) is 14.3 Å². The van der Waals surface area contributed by atoms with E-state index in [0.717, 1.165) is 22.3 Å². The van der Waals surface area contributed by atoms with Gasteiger partial charge in [-0.15, -0.1) is 0 Å². The number of rotatable bonds is 8. The molecule has 1 atom stereocenters. The van der Waals surface area contributed by atoms with Crippen molar-refractivity contribution in [1.29, 1.82) is 0 Å². The van der Waals surface area contributed by atoms with Crippen molar-refractivity contribution in [3.63, 3.8) is 0 Å². The molecular formula is C28H34N2O5. The quantitative estimate of drug-likeness (QED) is 0.503. The van der Waals surface area contributed by atoms with E-state index >= 15 is 0 Å². The number of nitrogens with one attached hydrogen (secondary N) is 2. The number of ether oxygens (including phenoxy) is 1. The van der Waals surface area contributed by atoms with Gasteiger partial charge in [0.1, 0.15) is 12.1 Å². The Labute approximate surface area is 206 Å². The molecule has 35 heavy (non-hydrogen) atoms. The van der Waals surface area contributed by atoms with Gasteiger partial charge in [0.05, 0.1) is 5.92 Å². The monoisotopic (exact) mass is 478 g/mol. The first-order valence-corrected chi connectivity index (χ1v) is 12.5. The summed E-state index contributed by atoms with van der Waals surface area (Å²) in [4.78, 5) is 37.2. The minimum atomic E-state index is -1.11. The van der Waals surface area contributed by atoms with Gasteiger partial charge in [-0.2, -0.15) is 0 Å². The van der Waals surface area contributed by atoms with Crippen LogP contribution in [0.4, 0.5) is 4.79 Å². The zero-order valence-electron chi connectivity index (χ0n) is 20.4. The minimum Gasteiger partial charge on any atom is -0.481 e. The van der Waals surface area contributed by atoms with Gasteiger partial charge in [-0.25, -0.2) is 4.79 Å². The number of carboxylic acids is 1. The van der Waals surface area contributed by atoms with Crippen molar-refractivity contribution >= 4 is 18.0 Å². The zero-order valence-corrected chi connectivity index (χ0v) is 20.4. The second kappa shape index (κ2) is 10.5. The Bertz CT molecular complexity index is 1050. The summed E-state index contributed by atoms with van der Waals surface area (Å²) in [5.41, 5.74) is 3.47. The first-order chi connectivity index (χ1) is 16.8. The first-order valence-electron chi connectivity index (χ1n) is 12.5. The number of aliphatic carboxylic acids is 1. The lowest BCUT2D eigenvalue weighted by Gasteiger charge is -2.33. The summed E-state index contributed by atoms with van der Waals surface area (Å²) in [5, 5.41) is 15.0. The van der Waals surface area contributed by atoms with Crippen molar-refractivity contribution in [1.82, 2.24) is 10.6 Å². The van der Waals surface area contributed by atoms with Crippen molar-refractivity contribution in [2.45, 2.75) is 69.9 Å². The van der Waals surface area contributed by atoms with Crippen LogP contribution in [0.3, 0.4) is 0 Å². The number of carbonyl (C=O) groups excluding carboxylic acids is 2. The van der Waals surface area contributed by atoms with Gasteiger partial charge in [-0.3, -0.25) is 9.59 Å². The first kappa shape index (κ1) is 24.8. The molecule has 1 unspecified atom stereocenters. The van der Waals surface area contributed by atoms with Crippen LogP contribution in [0.25, 0.3) is 11.1 Å². The molecule has 186 valence electrons. The Hall–Kier alpha value is -3.35. The standard InChI is InChI=1S/C28H34N2O5/c1-3-16-28(2,26(33)29-19-14-12-18(13-15-19)25(31)32)30-27(34)35-17-24-22-10-6-4-8-20(22)21-9-5-7-11-23(21)24/h4-11,18-19,24H,3,12-17H2,1-2H3,(H,29,33)(H,30,34)(H,31,32). The predicted molar refractivity (Wildman–Crippen MR) is 133 cm³/mol. The number of alkyl carbamates (subject to hydrolysis) is 1. The highest BCUT2D eigenvalue weighted by Crippen LogP contribution is 2.44. The number of carbonyl (C=O) groups is 3. The molecule has 0 radical (unpaired) electrons. The van der Waals surface area contributed by atoms with Gasteiger partial charge < -0.3 is 20.5 Å². The van der Waals surface area contributed by atoms with E-state index in [0.29, 0.717) is 38.5 Å². The lowest BCUT2D eigenvalue weighted by molar-refractivity contribution is -0.142. The van der Waals surface area contributed by atoms with Gasteiger partial charge in [0, 0.05) is 12.0 Å². The number of amides is 2. The number of hydrogen-bond acceptors (Lipinski definition) is 4. The second-order valence-electron chi connectivity index (χ2n) is 9.89. The molecule has 0 saturated heterocycles. The molecule has 7 nitrogen and oxygen atoms in total. The van der Waals surface area contributed by atoms with Gasteiger partial charge in [0.15, 0.2) is 0 Å². The van der Waals surface area contributed by atoms with Gasteiger partial charge in [0.2, 0.25) is 5.91 Å². The third kappa shape index (κ3) is 5.34. The second-order valence-corrected chi connectivity index (χ2v) is 9.89. The smallest absolute Gasteiger partial charge is 0.408 e. The summed E-state index contributed by atoms with van der Waals surface area (Å²) in [5.74, 6) is -1.43. The van der Waals surface area contributed by atoms with E-state index in [1.165, 1.54) is 0 Å². The van der Waals surface area contributed by atoms with E-state index in [9.17, 15) is 19.5 Å². The summed E-state index contributed by atoms with van der Waals surface area (Å²) < 4.78 is 5.67. The average molecular weight is 479 g/mol. The minimum absolute atomic E-state index is 0.0520. The van der Waals surface area contributed by atoms with Crippen LogP contribution >= 0.6 is 0 Å². The topological polar surface area (TPSA) is 105 Å². The molecule has 2 aromatic carbocycles.